The van der Waals surface area contributed by atoms with Gasteiger partial charge >= 0.3 is 0 Å². The Kier molecular flexibility index (Phi) is 5.84. The van der Waals surface area contributed by atoms with Crippen LogP contribution in [0, 0.1) is 17.7 Å². The number of benzene rings is 1. The predicted octanol–water partition coefficient (Wildman–Crippen LogP) is 2.40. The van der Waals surface area contributed by atoms with Crippen molar-refractivity contribution in [3.05, 3.63) is 35.1 Å². The van der Waals surface area contributed by atoms with Crippen molar-refractivity contribution in [1.29, 1.82) is 0 Å². The predicted molar refractivity (Wildman–Crippen MR) is 71.6 cm³/mol. The first kappa shape index (κ1) is 14.7. The van der Waals surface area contributed by atoms with Crippen molar-refractivity contribution in [3.8, 4) is 11.8 Å². The molecule has 3 heteroatoms. The highest BCUT2D eigenvalue weighted by atomic mass is 19.1. The Morgan fingerprint density at radius 3 is 2.67 bits per heavy atom. The van der Waals surface area contributed by atoms with Gasteiger partial charge in [0, 0.05) is 12.6 Å². The summed E-state index contributed by atoms with van der Waals surface area (Å²) >= 11 is 0. The van der Waals surface area contributed by atoms with Gasteiger partial charge in [-0.25, -0.2) is 4.39 Å². The Labute approximate surface area is 108 Å². The minimum absolute atomic E-state index is 0.253. The molecule has 0 radical (unpaired) electrons. The van der Waals surface area contributed by atoms with Crippen LogP contribution in [-0.2, 0) is 6.54 Å². The maximum Gasteiger partial charge on any atom is 0.138 e. The molecule has 1 N–H and O–H groups in total. The second kappa shape index (κ2) is 7.15. The number of rotatable bonds is 4. The van der Waals surface area contributed by atoms with Crippen molar-refractivity contribution >= 4 is 0 Å². The Hall–Kier alpha value is -1.37. The quantitative estimate of drug-likeness (QED) is 0.828. The Bertz CT molecular complexity index is 446. The molecule has 18 heavy (non-hydrogen) atoms. The first-order chi connectivity index (χ1) is 8.58. The number of nitrogens with zero attached hydrogens (tertiary/aromatic N) is 1. The zero-order chi connectivity index (χ0) is 13.5. The monoisotopic (exact) mass is 249 g/mol. The molecule has 1 aromatic carbocycles. The lowest BCUT2D eigenvalue weighted by Gasteiger charge is -2.24. The molecule has 0 fully saturated rings. The fourth-order valence-corrected chi connectivity index (χ4v) is 1.80. The van der Waals surface area contributed by atoms with Gasteiger partial charge in [0.1, 0.15) is 12.4 Å². The van der Waals surface area contributed by atoms with E-state index in [4.69, 9.17) is 5.11 Å². The van der Waals surface area contributed by atoms with E-state index >= 15 is 0 Å². The Morgan fingerprint density at radius 1 is 1.39 bits per heavy atom. The summed E-state index contributed by atoms with van der Waals surface area (Å²) < 4.78 is 13.5. The highest BCUT2D eigenvalue weighted by Gasteiger charge is 2.09. The van der Waals surface area contributed by atoms with Crippen LogP contribution in [0.25, 0.3) is 0 Å². The second-order valence-electron chi connectivity index (χ2n) is 4.43. The molecule has 0 amide bonds. The van der Waals surface area contributed by atoms with E-state index in [-0.39, 0.29) is 12.4 Å². The highest BCUT2D eigenvalue weighted by molar-refractivity contribution is 5.38. The van der Waals surface area contributed by atoms with Crippen LogP contribution in [0.2, 0.25) is 0 Å². The van der Waals surface area contributed by atoms with Crippen molar-refractivity contribution in [2.75, 3.05) is 13.2 Å². The van der Waals surface area contributed by atoms with Crippen LogP contribution in [0.1, 0.15) is 31.9 Å². The van der Waals surface area contributed by atoms with Crippen LogP contribution in [0.5, 0.6) is 0 Å². The van der Waals surface area contributed by atoms with Gasteiger partial charge in [0.15, 0.2) is 0 Å². The normalized spacial score (nSPS) is 10.6. The van der Waals surface area contributed by atoms with Gasteiger partial charge in [-0.2, -0.15) is 0 Å². The summed E-state index contributed by atoms with van der Waals surface area (Å²) in [6.07, 6.45) is 0. The van der Waals surface area contributed by atoms with Crippen LogP contribution >= 0.6 is 0 Å². The summed E-state index contributed by atoms with van der Waals surface area (Å²) in [4.78, 5) is 2.29. The molecule has 0 saturated heterocycles. The lowest BCUT2D eigenvalue weighted by molar-refractivity contribution is 0.225. The molecule has 0 atom stereocenters. The molecular weight excluding hydrogens is 229 g/mol. The summed E-state index contributed by atoms with van der Waals surface area (Å²) in [5.41, 5.74) is 1.38. The molecule has 0 aromatic heterocycles. The maximum absolute atomic E-state index is 13.5. The molecule has 1 aromatic rings. The van der Waals surface area contributed by atoms with Crippen molar-refractivity contribution in [2.45, 2.75) is 33.4 Å². The van der Waals surface area contributed by atoms with Gasteiger partial charge in [0.05, 0.1) is 5.56 Å². The average Bonchev–Trinajstić information content (AvgIpc) is 2.35. The summed E-state index contributed by atoms with van der Waals surface area (Å²) in [7, 11) is 0. The van der Waals surface area contributed by atoms with E-state index in [9.17, 15) is 4.39 Å². The van der Waals surface area contributed by atoms with E-state index in [1.54, 1.807) is 12.1 Å². The van der Waals surface area contributed by atoms with Crippen molar-refractivity contribution in [2.24, 2.45) is 0 Å². The number of hydrogen-bond acceptors (Lipinski definition) is 2. The third-order valence-electron chi connectivity index (χ3n) is 2.86. The SMILES string of the molecule is CCN(Cc1ccc(F)c(C#CCO)c1)C(C)C. The first-order valence-corrected chi connectivity index (χ1v) is 6.20. The van der Waals surface area contributed by atoms with Crippen LogP contribution in [0.3, 0.4) is 0 Å². The van der Waals surface area contributed by atoms with E-state index in [0.717, 1.165) is 18.7 Å². The largest absolute Gasteiger partial charge is 0.384 e. The number of aliphatic hydroxyl groups is 1. The fourth-order valence-electron chi connectivity index (χ4n) is 1.80. The molecule has 0 heterocycles. The summed E-state index contributed by atoms with van der Waals surface area (Å²) in [5, 5.41) is 8.64. The minimum Gasteiger partial charge on any atom is -0.384 e. The molecule has 98 valence electrons. The topological polar surface area (TPSA) is 23.5 Å². The van der Waals surface area contributed by atoms with Gasteiger partial charge in [0.2, 0.25) is 0 Å². The Balaban J connectivity index is 2.91. The fraction of sp³-hybridized carbons (Fsp3) is 0.467. The third kappa shape index (κ3) is 4.14. The van der Waals surface area contributed by atoms with Crippen LogP contribution < -0.4 is 0 Å². The summed E-state index contributed by atoms with van der Waals surface area (Å²) in [5.74, 6) is 4.76. The molecule has 0 bridgehead atoms. The zero-order valence-corrected chi connectivity index (χ0v) is 11.2. The number of halogens is 1. The number of hydrogen-bond donors (Lipinski definition) is 1. The average molecular weight is 249 g/mol. The second-order valence-corrected chi connectivity index (χ2v) is 4.43. The first-order valence-electron chi connectivity index (χ1n) is 6.20. The van der Waals surface area contributed by atoms with Crippen LogP contribution in [0.4, 0.5) is 4.39 Å². The van der Waals surface area contributed by atoms with Crippen molar-refractivity contribution in [3.63, 3.8) is 0 Å². The molecule has 0 unspecified atom stereocenters. The Morgan fingerprint density at radius 2 is 2.11 bits per heavy atom. The standard InChI is InChI=1S/C15H20FNO/c1-4-17(12(2)3)11-13-7-8-15(16)14(10-13)6-5-9-18/h7-8,10,12,18H,4,9,11H2,1-3H3. The van der Waals surface area contributed by atoms with E-state index in [0.29, 0.717) is 11.6 Å². The van der Waals surface area contributed by atoms with E-state index in [1.165, 1.54) is 6.07 Å². The number of aliphatic hydroxyl groups excluding tert-OH is 1. The summed E-state index contributed by atoms with van der Waals surface area (Å²) in [6.45, 7) is 7.86. The lowest BCUT2D eigenvalue weighted by atomic mass is 10.1. The molecule has 0 aliphatic carbocycles. The molecule has 0 aliphatic rings. The maximum atomic E-state index is 13.5. The highest BCUT2D eigenvalue weighted by Crippen LogP contribution is 2.13. The van der Waals surface area contributed by atoms with Gasteiger partial charge in [0.25, 0.3) is 0 Å². The van der Waals surface area contributed by atoms with E-state index in [2.05, 4.69) is 37.5 Å². The van der Waals surface area contributed by atoms with E-state index < -0.39 is 0 Å². The molecule has 0 spiro atoms. The molecule has 2 nitrogen and oxygen atoms in total. The van der Waals surface area contributed by atoms with Gasteiger partial charge in [-0.15, -0.1) is 0 Å². The molecular formula is C15H20FNO. The minimum atomic E-state index is -0.340. The zero-order valence-electron chi connectivity index (χ0n) is 11.2. The molecule has 0 saturated carbocycles. The van der Waals surface area contributed by atoms with Gasteiger partial charge in [-0.3, -0.25) is 4.90 Å². The lowest BCUT2D eigenvalue weighted by Crippen LogP contribution is -2.29. The van der Waals surface area contributed by atoms with Crippen molar-refractivity contribution in [1.82, 2.24) is 4.90 Å². The van der Waals surface area contributed by atoms with Gasteiger partial charge in [-0.1, -0.05) is 24.8 Å². The molecule has 0 aliphatic heterocycles. The van der Waals surface area contributed by atoms with E-state index in [1.807, 2.05) is 0 Å². The van der Waals surface area contributed by atoms with Gasteiger partial charge < -0.3 is 5.11 Å². The summed E-state index contributed by atoms with van der Waals surface area (Å²) in [6, 6.07) is 5.42. The van der Waals surface area contributed by atoms with Crippen LogP contribution in [-0.4, -0.2) is 29.2 Å². The third-order valence-corrected chi connectivity index (χ3v) is 2.86. The van der Waals surface area contributed by atoms with Gasteiger partial charge in [-0.05, 0) is 38.1 Å². The molecule has 1 rings (SSSR count). The van der Waals surface area contributed by atoms with Crippen molar-refractivity contribution < 1.29 is 9.50 Å². The van der Waals surface area contributed by atoms with Crippen LogP contribution in [0.15, 0.2) is 18.2 Å². The smallest absolute Gasteiger partial charge is 0.138 e.